The number of rotatable bonds is 14. The Bertz CT molecular complexity index is 4930. The Balaban J connectivity index is -0.00000116. The number of phenols is 2. The number of benzene rings is 7. The molecule has 0 saturated heterocycles. The van der Waals surface area contributed by atoms with E-state index in [1.165, 1.54) is 0 Å². The van der Waals surface area contributed by atoms with E-state index in [9.17, 15) is 85.2 Å². The number of aromatic hydroxyl groups is 2. The Kier molecular flexibility index (Phi) is 46.0. The number of nitrogens with zero attached hydrogens (tertiary/aromatic N) is 9. The van der Waals surface area contributed by atoms with Gasteiger partial charge in [0.25, 0.3) is 5.69 Å². The van der Waals surface area contributed by atoms with E-state index in [2.05, 4.69) is 59.1 Å². The molecule has 0 amide bonds. The Morgan fingerprint density at radius 3 is 1.40 bits per heavy atom. The van der Waals surface area contributed by atoms with Crippen molar-refractivity contribution in [1.82, 2.24) is 0 Å². The van der Waals surface area contributed by atoms with Gasteiger partial charge in [0, 0.05) is 34.6 Å². The zero-order chi connectivity index (χ0) is 63.6. The summed E-state index contributed by atoms with van der Waals surface area (Å²) in [5.41, 5.74) is -0.642. The van der Waals surface area contributed by atoms with Crippen LogP contribution in [0.2, 0.25) is 0 Å². The zero-order valence-corrected chi connectivity index (χ0v) is 70.0. The molecule has 4 N–H and O–H groups in total. The van der Waals surface area contributed by atoms with E-state index in [0.717, 1.165) is 60.7 Å². The summed E-state index contributed by atoms with van der Waals surface area (Å²) in [6.07, 6.45) is 0. The first kappa shape index (κ1) is 99.3. The summed E-state index contributed by atoms with van der Waals surface area (Å²) < 4.78 is 258. The number of nitro benzene ring substituents is 1. The van der Waals surface area contributed by atoms with Crippen LogP contribution in [-0.2, 0) is 82.4 Å². The van der Waals surface area contributed by atoms with Gasteiger partial charge in [-0.05, 0) is 46.6 Å². The summed E-state index contributed by atoms with van der Waals surface area (Å²) in [6, 6.07) is 18.5. The van der Waals surface area contributed by atoms with Crippen LogP contribution < -0.4 is 242 Å². The number of fused-ring (bicyclic) bond motifs is 2. The van der Waals surface area contributed by atoms with Gasteiger partial charge < -0.3 is 38.7 Å². The molecular weight excluding hydrogens is 1480 g/mol. The number of nitrogen functional groups attached to an aromatic ring is 1. The van der Waals surface area contributed by atoms with Gasteiger partial charge in [-0.15, -0.1) is 60.2 Å². The fraction of sp³-hybridized carbons (Fsp3) is 0. The third kappa shape index (κ3) is 29.2. The minimum atomic E-state index is -5.77. The number of hydrogen-bond acceptors (Lipinski definition) is 37. The molecule has 0 saturated carbocycles. The van der Waals surface area contributed by atoms with E-state index in [-0.39, 0.29) is 248 Å². The Morgan fingerprint density at radius 2 is 0.902 bits per heavy atom. The minimum absolute atomic E-state index is 0. The van der Waals surface area contributed by atoms with E-state index in [1.54, 1.807) is 0 Å². The van der Waals surface area contributed by atoms with Crippen LogP contribution in [0.15, 0.2) is 150 Å². The van der Waals surface area contributed by atoms with Crippen LogP contribution in [0.5, 0.6) is 11.5 Å². The number of non-ortho nitro benzene ring substituents is 1. The van der Waals surface area contributed by atoms with Crippen molar-refractivity contribution in [3.05, 3.63) is 113 Å². The van der Waals surface area contributed by atoms with E-state index >= 15 is 0 Å². The molecule has 444 valence electrons. The second-order valence-corrected chi connectivity index (χ2v) is 22.6. The molecule has 0 aromatic heterocycles. The van der Waals surface area contributed by atoms with Crippen molar-refractivity contribution in [2.75, 3.05) is 5.73 Å². The summed E-state index contributed by atoms with van der Waals surface area (Å²) in [4.78, 5) is 4.54. The summed E-state index contributed by atoms with van der Waals surface area (Å²) >= 11 is 0. The molecule has 0 fully saturated rings. The molecule has 0 radical (unpaired) electrons. The van der Waals surface area contributed by atoms with Crippen LogP contribution in [0.4, 0.5) is 56.9 Å². The third-order valence-corrected chi connectivity index (χ3v) is 13.8. The van der Waals surface area contributed by atoms with Gasteiger partial charge in [0.2, 0.25) is 0 Å². The van der Waals surface area contributed by atoms with Crippen LogP contribution in [0.3, 0.4) is 0 Å². The van der Waals surface area contributed by atoms with E-state index < -0.39 is 191 Å². The van der Waals surface area contributed by atoms with E-state index in [1.807, 2.05) is 0 Å². The van der Waals surface area contributed by atoms with Crippen molar-refractivity contribution in [3.8, 4) is 11.5 Å². The van der Waals surface area contributed by atoms with Gasteiger partial charge in [0.1, 0.15) is 67.7 Å². The van der Waals surface area contributed by atoms with E-state index in [4.69, 9.17) is 43.6 Å². The quantitative estimate of drug-likeness (QED) is 0.0173. The summed E-state index contributed by atoms with van der Waals surface area (Å²) in [7, 11) is -36.5. The predicted molar refractivity (Wildman–Crippen MR) is 264 cm³/mol. The first-order valence-electron chi connectivity index (χ1n) is 20.0. The van der Waals surface area contributed by atoms with Crippen molar-refractivity contribution in [3.63, 3.8) is 0 Å². The smallest absolute Gasteiger partial charge is 0.746 e. The molecule has 0 aliphatic carbocycles. The first-order chi connectivity index (χ1) is 38.6. The monoisotopic (exact) mass is 1500 g/mol. The second kappa shape index (κ2) is 42.6. The van der Waals surface area contributed by atoms with Crippen LogP contribution >= 0.6 is 0 Å². The predicted octanol–water partition coefficient (Wildman–Crippen LogP) is -20.5. The normalized spacial score (nSPS) is 11.1. The number of nitrogens with two attached hydrogens (primary N) is 1. The molecule has 92 heavy (non-hydrogen) atoms. The van der Waals surface area contributed by atoms with Crippen molar-refractivity contribution in [2.45, 2.75) is 24.5 Å². The van der Waals surface area contributed by atoms with Crippen LogP contribution in [-0.4, -0.2) is 118 Å². The number of azo groups is 4. The molecule has 0 aliphatic heterocycles. The summed E-state index contributed by atoms with van der Waals surface area (Å²) in [6.45, 7) is 0. The average Bonchev–Trinajstić information content (AvgIpc) is 0.752. The van der Waals surface area contributed by atoms with Crippen LogP contribution in [0.1, 0.15) is 0 Å². The maximum atomic E-state index is 12.7. The van der Waals surface area contributed by atoms with Gasteiger partial charge in [-0.3, -0.25) is 10.1 Å². The fourth-order valence-electron chi connectivity index (χ4n) is 6.32. The van der Waals surface area contributed by atoms with Crippen molar-refractivity contribution in [2.24, 2.45) is 40.9 Å². The maximum absolute atomic E-state index is 12.7. The fourth-order valence-corrected chi connectivity index (χ4v) is 9.35. The molecular formula is C38H18N10Na8O28S8. The first-order valence-corrected chi connectivity index (χ1v) is 30.1. The van der Waals surface area contributed by atoms with Gasteiger partial charge in [-0.25, -0.2) is 47.2 Å². The average molecular weight is 1500 g/mol. The summed E-state index contributed by atoms with van der Waals surface area (Å²) in [5.74, 6) is -2.40. The van der Waals surface area contributed by atoms with Crippen LogP contribution in [0.25, 0.3) is 21.5 Å². The Labute approximate surface area is 699 Å². The van der Waals surface area contributed by atoms with Crippen molar-refractivity contribution in [1.29, 1.82) is 0 Å². The third-order valence-electron chi connectivity index (χ3n) is 9.46. The topological polar surface area (TPSA) is 648 Å². The summed E-state index contributed by atoms with van der Waals surface area (Å²) in [5, 5.41) is 61.7. The number of hydrogen-bond donors (Lipinski definition) is 3. The van der Waals surface area contributed by atoms with Gasteiger partial charge in [0.15, 0.2) is 5.75 Å². The van der Waals surface area contributed by atoms with Gasteiger partial charge >= 0.3 is 268 Å². The number of anilines is 1. The molecule has 0 unspecified atom stereocenters. The van der Waals surface area contributed by atoms with Gasteiger partial charge in [-0.2, -0.15) is 74.1 Å². The van der Waals surface area contributed by atoms with Gasteiger partial charge in [0.05, 0.1) is 36.4 Å². The van der Waals surface area contributed by atoms with E-state index in [0.29, 0.717) is 24.3 Å². The SMILES string of the molecule is Nc1c(N=Nc2ccc(N=Nc3c[c-]ccc3S(=O)(=O)[O-])c3c[c-]c(N=Nc4ccc([N+](=O)[O-])cc4S(=O)(=O)[O-])c(O)c23)cc(S(=O)(=O)[O-])c2cc(S(=O)(=O)[O-])c(N=Nc3[c-]ccc(S(=O)(=O)[O-])c3)c(O)c12.O=S(=O)=O.O=S(=O)=O.O=S(=O)=O.[Na+].[Na+].[Na+].[Na+].[Na+].[Na+].[Na+].[Na+]. The molecule has 0 atom stereocenters. The van der Waals surface area contributed by atoms with Gasteiger partial charge in [-0.1, -0.05) is 15.7 Å². The maximum Gasteiger partial charge on any atom is 1.00 e. The Hall–Kier alpha value is -1.33. The zero-order valence-electron chi connectivity index (χ0n) is 47.5. The Morgan fingerprint density at radius 1 is 0.435 bits per heavy atom. The molecule has 0 spiro atoms. The molecule has 54 heteroatoms. The number of nitro groups is 1. The van der Waals surface area contributed by atoms with Crippen molar-refractivity contribution < 1.29 is 354 Å². The molecule has 7 aromatic carbocycles. The molecule has 0 aliphatic rings. The second-order valence-electron chi connectivity index (χ2n) is 14.6. The minimum Gasteiger partial charge on any atom is -0.746 e. The van der Waals surface area contributed by atoms with Crippen LogP contribution in [0, 0.1) is 28.3 Å². The molecule has 0 bridgehead atoms. The molecule has 38 nitrogen and oxygen atoms in total. The number of phenolic OH excluding ortho intramolecular Hbond substituents is 2. The molecule has 7 rings (SSSR count). The largest absolute Gasteiger partial charge is 1.00 e. The standard InChI is InChI=1S/C38H23N10O19S5.8Na.3O3S/c39-35-28(17-30(70(59,60)61)22-16-32(72(65,66)67)36(38(50)34(22)35)47-40-18-4-3-5-20(14-18)68(53,54)55)46-44-26-13-12-23(41-42-24-6-1-2-7-29(24)69(56,57)58)21-9-11-27(37(49)33(21)26)45-43-25-10-8-19(48(51)52)15-31(25)71(62,63)64;;;;;;;;;3*1-4(2)3/h2-3,5-10,12-17,49-50H,39H2,(H,53,54,55)(H,56,57,58)(H,59,60,61)(H,62,63,64)(H,65,66,67);;;;;;;;;;;/q-3;8*+1;;;/p-5. The molecule has 0 heterocycles. The van der Waals surface area contributed by atoms with Crippen molar-refractivity contribution >= 4 is 161 Å². The molecule has 7 aromatic rings.